The van der Waals surface area contributed by atoms with Crippen LogP contribution in [-0.2, 0) is 16.1 Å². The predicted molar refractivity (Wildman–Crippen MR) is 140 cm³/mol. The number of carbonyl (C=O) groups is 2. The number of benzene rings is 2. The monoisotopic (exact) mass is 522 g/mol. The van der Waals surface area contributed by atoms with E-state index in [0.29, 0.717) is 23.7 Å². The van der Waals surface area contributed by atoms with Crippen LogP contribution in [0.5, 0.6) is 5.75 Å². The summed E-state index contributed by atoms with van der Waals surface area (Å²) in [5.41, 5.74) is 1.93. The predicted octanol–water partition coefficient (Wildman–Crippen LogP) is 3.45. The van der Waals surface area contributed by atoms with E-state index < -0.39 is 24.2 Å². The highest BCUT2D eigenvalue weighted by atomic mass is 19.1. The molecule has 2 aromatic carbocycles. The largest absolute Gasteiger partial charge is 0.486 e. The second kappa shape index (κ2) is 11.7. The van der Waals surface area contributed by atoms with Crippen LogP contribution in [0.2, 0.25) is 0 Å². The van der Waals surface area contributed by atoms with Crippen molar-refractivity contribution in [1.82, 2.24) is 10.2 Å². The van der Waals surface area contributed by atoms with E-state index in [1.54, 1.807) is 23.1 Å². The second-order valence-corrected chi connectivity index (χ2v) is 10.5. The number of para-hydroxylation sites is 1. The molecular weight excluding hydrogens is 487 g/mol. The van der Waals surface area contributed by atoms with Gasteiger partial charge < -0.3 is 25.2 Å². The fourth-order valence-corrected chi connectivity index (χ4v) is 6.11. The third-order valence-corrected chi connectivity index (χ3v) is 8.06. The van der Waals surface area contributed by atoms with Gasteiger partial charge >= 0.3 is 0 Å². The average molecular weight is 523 g/mol. The van der Waals surface area contributed by atoms with Crippen molar-refractivity contribution in [1.29, 1.82) is 0 Å². The van der Waals surface area contributed by atoms with E-state index in [2.05, 4.69) is 5.32 Å². The topological polar surface area (TPSA) is 99.1 Å². The van der Waals surface area contributed by atoms with Gasteiger partial charge in [-0.15, -0.1) is 0 Å². The number of fused-ring (bicyclic) bond motifs is 3. The normalized spacial score (nSPS) is 24.2. The molecule has 0 spiro atoms. The SMILES string of the molecule is O=C(NCCO)C1=CC(N(Cc2ccc(F)cc2)C(=O)CCC2CCCC2)C(O)C2Oc3ccccc3C12. The van der Waals surface area contributed by atoms with Crippen LogP contribution < -0.4 is 10.1 Å². The molecule has 1 fully saturated rings. The maximum Gasteiger partial charge on any atom is 0.247 e. The Labute approximate surface area is 222 Å². The minimum Gasteiger partial charge on any atom is -0.486 e. The number of amides is 2. The van der Waals surface area contributed by atoms with E-state index in [1.165, 1.54) is 25.0 Å². The summed E-state index contributed by atoms with van der Waals surface area (Å²) in [5, 5.41) is 23.6. The molecule has 1 heterocycles. The van der Waals surface area contributed by atoms with Crippen LogP contribution in [0.1, 0.15) is 55.6 Å². The highest BCUT2D eigenvalue weighted by Crippen LogP contribution is 2.47. The Morgan fingerprint density at radius 1 is 1.08 bits per heavy atom. The van der Waals surface area contributed by atoms with Gasteiger partial charge in [-0.25, -0.2) is 4.39 Å². The molecule has 0 saturated heterocycles. The maximum absolute atomic E-state index is 13.7. The molecule has 4 atom stereocenters. The number of rotatable bonds is 9. The lowest BCUT2D eigenvalue weighted by atomic mass is 9.77. The molecule has 1 saturated carbocycles. The number of hydrogen-bond acceptors (Lipinski definition) is 5. The first-order valence-corrected chi connectivity index (χ1v) is 13.5. The van der Waals surface area contributed by atoms with Crippen molar-refractivity contribution >= 4 is 11.8 Å². The zero-order valence-corrected chi connectivity index (χ0v) is 21.4. The summed E-state index contributed by atoms with van der Waals surface area (Å²) in [7, 11) is 0. The fourth-order valence-electron chi connectivity index (χ4n) is 6.11. The molecule has 4 unspecified atom stereocenters. The summed E-state index contributed by atoms with van der Waals surface area (Å²) < 4.78 is 19.8. The minimum absolute atomic E-state index is 0.0862. The molecule has 38 heavy (non-hydrogen) atoms. The Kier molecular flexibility index (Phi) is 8.09. The van der Waals surface area contributed by atoms with Gasteiger partial charge in [0, 0.05) is 30.6 Å². The summed E-state index contributed by atoms with van der Waals surface area (Å²) >= 11 is 0. The molecule has 0 aromatic heterocycles. The third-order valence-electron chi connectivity index (χ3n) is 8.06. The fraction of sp³-hybridized carbons (Fsp3) is 0.467. The lowest BCUT2D eigenvalue weighted by Crippen LogP contribution is -2.55. The third kappa shape index (κ3) is 5.47. The van der Waals surface area contributed by atoms with Gasteiger partial charge in [0.1, 0.15) is 23.8 Å². The van der Waals surface area contributed by atoms with Gasteiger partial charge in [0.05, 0.1) is 18.6 Å². The highest BCUT2D eigenvalue weighted by Gasteiger charge is 2.50. The van der Waals surface area contributed by atoms with Gasteiger partial charge in [-0.2, -0.15) is 0 Å². The Bertz CT molecular complexity index is 1180. The second-order valence-electron chi connectivity index (χ2n) is 10.5. The summed E-state index contributed by atoms with van der Waals surface area (Å²) in [6.07, 6.45) is 5.59. The number of nitrogens with one attached hydrogen (secondary N) is 1. The Balaban J connectivity index is 1.49. The lowest BCUT2D eigenvalue weighted by molar-refractivity contribution is -0.138. The van der Waals surface area contributed by atoms with Crippen LogP contribution in [-0.4, -0.2) is 58.3 Å². The van der Waals surface area contributed by atoms with Crippen LogP contribution in [0.25, 0.3) is 0 Å². The molecule has 3 aliphatic rings. The van der Waals surface area contributed by atoms with Gasteiger partial charge in [0.15, 0.2) is 0 Å². The van der Waals surface area contributed by atoms with Crippen LogP contribution in [0.15, 0.2) is 60.2 Å². The number of nitrogens with zero attached hydrogens (tertiary/aromatic N) is 1. The van der Waals surface area contributed by atoms with E-state index in [0.717, 1.165) is 30.4 Å². The summed E-state index contributed by atoms with van der Waals surface area (Å²) in [4.78, 5) is 28.6. The van der Waals surface area contributed by atoms with Crippen molar-refractivity contribution in [2.75, 3.05) is 13.2 Å². The number of halogens is 1. The molecule has 5 rings (SSSR count). The van der Waals surface area contributed by atoms with E-state index in [1.807, 2.05) is 24.3 Å². The molecule has 2 aliphatic carbocycles. The molecule has 1 aliphatic heterocycles. The molecule has 8 heteroatoms. The quantitative estimate of drug-likeness (QED) is 0.469. The molecule has 0 bridgehead atoms. The minimum atomic E-state index is -1.09. The zero-order valence-electron chi connectivity index (χ0n) is 21.4. The van der Waals surface area contributed by atoms with Crippen LogP contribution in [0.4, 0.5) is 4.39 Å². The van der Waals surface area contributed by atoms with Crippen LogP contribution in [0.3, 0.4) is 0 Å². The smallest absolute Gasteiger partial charge is 0.247 e. The molecule has 2 aromatic rings. The highest BCUT2D eigenvalue weighted by molar-refractivity contribution is 5.96. The van der Waals surface area contributed by atoms with Crippen molar-refractivity contribution in [2.45, 2.75) is 69.2 Å². The van der Waals surface area contributed by atoms with E-state index in [4.69, 9.17) is 4.74 Å². The summed E-state index contributed by atoms with van der Waals surface area (Å²) in [5.74, 6) is -0.237. The van der Waals surface area contributed by atoms with Crippen LogP contribution >= 0.6 is 0 Å². The lowest BCUT2D eigenvalue weighted by Gasteiger charge is -2.41. The van der Waals surface area contributed by atoms with Gasteiger partial charge in [-0.3, -0.25) is 9.59 Å². The van der Waals surface area contributed by atoms with Crippen molar-refractivity contribution in [2.24, 2.45) is 5.92 Å². The van der Waals surface area contributed by atoms with Gasteiger partial charge in [0.25, 0.3) is 0 Å². The first-order chi connectivity index (χ1) is 18.5. The molecular formula is C30H35FN2O5. The first kappa shape index (κ1) is 26.4. The zero-order chi connectivity index (χ0) is 26.6. The van der Waals surface area contributed by atoms with E-state index >= 15 is 0 Å². The van der Waals surface area contributed by atoms with Gasteiger partial charge in [0.2, 0.25) is 11.8 Å². The van der Waals surface area contributed by atoms with E-state index in [9.17, 15) is 24.2 Å². The van der Waals surface area contributed by atoms with Crippen molar-refractivity contribution in [3.63, 3.8) is 0 Å². The molecule has 0 radical (unpaired) electrons. The van der Waals surface area contributed by atoms with Gasteiger partial charge in [-0.1, -0.05) is 56.0 Å². The number of hydrogen-bond donors (Lipinski definition) is 3. The van der Waals surface area contributed by atoms with Crippen LogP contribution in [0, 0.1) is 11.7 Å². The molecule has 2 amide bonds. The first-order valence-electron chi connectivity index (χ1n) is 13.5. The molecule has 7 nitrogen and oxygen atoms in total. The van der Waals surface area contributed by atoms with E-state index in [-0.39, 0.29) is 37.3 Å². The Morgan fingerprint density at radius 3 is 2.55 bits per heavy atom. The van der Waals surface area contributed by atoms with Crippen molar-refractivity contribution in [3.8, 4) is 5.75 Å². The number of ether oxygens (including phenoxy) is 1. The number of carbonyl (C=O) groups excluding carboxylic acids is 2. The standard InChI is InChI=1S/C30H35FN2O5/c31-21-12-9-20(10-13-21)18-33(26(35)14-11-19-5-1-2-6-19)24-17-23(30(37)32-15-16-34)27-22-7-3-4-8-25(22)38-29(27)28(24)36/h3-4,7-10,12-13,17,19,24,27-29,34,36H,1-2,5-6,11,14-16,18H2,(H,32,37). The number of aliphatic hydroxyl groups is 2. The van der Waals surface area contributed by atoms with Crippen molar-refractivity contribution < 1.29 is 28.9 Å². The average Bonchev–Trinajstić information content (AvgIpc) is 3.59. The summed E-state index contributed by atoms with van der Waals surface area (Å²) in [6.45, 7) is 0.0450. The summed E-state index contributed by atoms with van der Waals surface area (Å²) in [6, 6.07) is 12.5. The Morgan fingerprint density at radius 2 is 1.82 bits per heavy atom. The molecule has 202 valence electrons. The molecule has 3 N–H and O–H groups in total. The maximum atomic E-state index is 13.7. The van der Waals surface area contributed by atoms with Gasteiger partial charge in [-0.05, 0) is 42.2 Å². The Hall–Kier alpha value is -3.23. The van der Waals surface area contributed by atoms with Crippen molar-refractivity contribution in [3.05, 3.63) is 77.1 Å². The number of aliphatic hydroxyl groups excluding tert-OH is 2.